The SMILES string of the molecule is CC(C)(C)[SiH2]OC(C)(C)c1nc2cnc3c(ccn3S(=O)(=O)c3ccccc3)c2n1C1CCC(C=CC#N)CC1. The maximum absolute atomic E-state index is 13.6. The molecule has 3 heterocycles. The maximum Gasteiger partial charge on any atom is 0.269 e. The molecule has 1 aliphatic rings. The molecule has 1 saturated carbocycles. The zero-order valence-corrected chi connectivity index (χ0v) is 26.1. The van der Waals surface area contributed by atoms with Crippen LogP contribution >= 0.6 is 0 Å². The van der Waals surface area contributed by atoms with E-state index in [0.717, 1.165) is 47.9 Å². The van der Waals surface area contributed by atoms with Crippen molar-refractivity contribution in [2.45, 2.75) is 81.9 Å². The van der Waals surface area contributed by atoms with E-state index < -0.39 is 25.4 Å². The highest BCUT2D eigenvalue weighted by atomic mass is 32.2. The number of benzene rings is 1. The van der Waals surface area contributed by atoms with Crippen LogP contribution in [0, 0.1) is 17.2 Å². The quantitative estimate of drug-likeness (QED) is 0.198. The summed E-state index contributed by atoms with van der Waals surface area (Å²) in [5.41, 5.74) is 1.39. The molecule has 5 rings (SSSR count). The fraction of sp³-hybridized carbons (Fsp3) is 0.433. The molecule has 1 aromatic carbocycles. The van der Waals surface area contributed by atoms with Crippen LogP contribution in [-0.2, 0) is 20.1 Å². The van der Waals surface area contributed by atoms with Crippen LogP contribution in [0.25, 0.3) is 22.1 Å². The average molecular weight is 576 g/mol. The zero-order chi connectivity index (χ0) is 28.7. The van der Waals surface area contributed by atoms with E-state index in [1.54, 1.807) is 48.8 Å². The molecule has 0 unspecified atom stereocenters. The summed E-state index contributed by atoms with van der Waals surface area (Å²) in [4.78, 5) is 9.92. The number of nitriles is 1. The molecule has 0 saturated heterocycles. The number of pyridine rings is 1. The molecule has 1 aliphatic carbocycles. The molecular weight excluding hydrogens is 539 g/mol. The standard InChI is InChI=1S/C30H37N5O3SSi/c1-29(2,3)40-38-30(4,5)28-33-25-20-32-27-24(17-19-34(27)39(36,37)23-11-7-6-8-12-23)26(25)35(28)22-15-13-21(14-16-22)10-9-18-31/h6-12,17,19-22H,13-16,40H2,1-5H3. The van der Waals surface area contributed by atoms with Crippen molar-refractivity contribution in [3.05, 3.63) is 66.8 Å². The number of imidazole rings is 1. The third kappa shape index (κ3) is 5.38. The minimum Gasteiger partial charge on any atom is -0.411 e. The molecule has 0 amide bonds. The normalized spacial score (nSPS) is 19.3. The van der Waals surface area contributed by atoms with Crippen LogP contribution in [0.5, 0.6) is 0 Å². The van der Waals surface area contributed by atoms with Gasteiger partial charge in [0.2, 0.25) is 0 Å². The maximum atomic E-state index is 13.6. The fourth-order valence-corrected chi connectivity index (χ4v) is 7.77. The molecule has 8 nitrogen and oxygen atoms in total. The minimum atomic E-state index is -3.82. The lowest BCUT2D eigenvalue weighted by molar-refractivity contribution is 0.0911. The molecule has 0 radical (unpaired) electrons. The van der Waals surface area contributed by atoms with Crippen molar-refractivity contribution in [1.29, 1.82) is 5.26 Å². The molecule has 10 heteroatoms. The smallest absolute Gasteiger partial charge is 0.269 e. The molecule has 1 fully saturated rings. The van der Waals surface area contributed by atoms with E-state index >= 15 is 0 Å². The van der Waals surface area contributed by atoms with E-state index in [-0.39, 0.29) is 16.0 Å². The number of hydrogen-bond acceptors (Lipinski definition) is 6. The summed E-state index contributed by atoms with van der Waals surface area (Å²) in [7, 11) is -4.69. The summed E-state index contributed by atoms with van der Waals surface area (Å²) in [6.07, 6.45) is 10.7. The van der Waals surface area contributed by atoms with Crippen molar-refractivity contribution in [3.63, 3.8) is 0 Å². The van der Waals surface area contributed by atoms with Crippen LogP contribution in [0.1, 0.15) is 72.2 Å². The van der Waals surface area contributed by atoms with E-state index in [1.807, 2.05) is 12.1 Å². The van der Waals surface area contributed by atoms with Crippen molar-refractivity contribution >= 4 is 41.9 Å². The van der Waals surface area contributed by atoms with Gasteiger partial charge in [-0.05, 0) is 68.7 Å². The van der Waals surface area contributed by atoms with Gasteiger partial charge in [-0.2, -0.15) is 5.26 Å². The van der Waals surface area contributed by atoms with Gasteiger partial charge in [-0.25, -0.2) is 22.4 Å². The lowest BCUT2D eigenvalue weighted by Gasteiger charge is -2.34. The van der Waals surface area contributed by atoms with Crippen molar-refractivity contribution in [2.24, 2.45) is 5.92 Å². The molecular formula is C30H37N5O3SSi. The monoisotopic (exact) mass is 575 g/mol. The van der Waals surface area contributed by atoms with Gasteiger partial charge >= 0.3 is 0 Å². The Balaban J connectivity index is 1.67. The Morgan fingerprint density at radius 3 is 2.42 bits per heavy atom. The summed E-state index contributed by atoms with van der Waals surface area (Å²) in [5, 5.41) is 9.85. The molecule has 0 aliphatic heterocycles. The second-order valence-electron chi connectivity index (χ2n) is 12.4. The van der Waals surface area contributed by atoms with Gasteiger partial charge in [0.1, 0.15) is 16.9 Å². The van der Waals surface area contributed by atoms with Crippen LogP contribution < -0.4 is 0 Å². The van der Waals surface area contributed by atoms with Crippen molar-refractivity contribution < 1.29 is 12.8 Å². The van der Waals surface area contributed by atoms with E-state index in [2.05, 4.69) is 50.2 Å². The molecule has 0 spiro atoms. The lowest BCUT2D eigenvalue weighted by atomic mass is 9.85. The van der Waals surface area contributed by atoms with Crippen LogP contribution in [-0.4, -0.2) is 36.7 Å². The Hall–Kier alpha value is -3.26. The summed E-state index contributed by atoms with van der Waals surface area (Å²) in [6, 6.07) is 12.6. The first-order chi connectivity index (χ1) is 18.9. The molecule has 3 aromatic heterocycles. The largest absolute Gasteiger partial charge is 0.411 e. The van der Waals surface area contributed by atoms with Gasteiger partial charge in [-0.15, -0.1) is 0 Å². The van der Waals surface area contributed by atoms with Crippen molar-refractivity contribution in [3.8, 4) is 6.07 Å². The first kappa shape index (κ1) is 28.3. The van der Waals surface area contributed by atoms with Gasteiger partial charge in [0.05, 0.1) is 22.7 Å². The third-order valence-electron chi connectivity index (χ3n) is 7.58. The Morgan fingerprint density at radius 2 is 1.77 bits per heavy atom. The van der Waals surface area contributed by atoms with Gasteiger partial charge in [0, 0.05) is 23.7 Å². The van der Waals surface area contributed by atoms with E-state index in [4.69, 9.17) is 14.7 Å². The summed E-state index contributed by atoms with van der Waals surface area (Å²) in [5.74, 6) is 1.23. The summed E-state index contributed by atoms with van der Waals surface area (Å²) < 4.78 is 37.3. The molecule has 4 aromatic rings. The number of fused-ring (bicyclic) bond motifs is 3. The van der Waals surface area contributed by atoms with Gasteiger partial charge in [-0.1, -0.05) is 45.0 Å². The molecule has 0 atom stereocenters. The first-order valence-corrected chi connectivity index (χ1v) is 16.5. The number of rotatable bonds is 7. The van der Waals surface area contributed by atoms with E-state index in [1.165, 1.54) is 3.97 Å². The van der Waals surface area contributed by atoms with Crippen LogP contribution in [0.15, 0.2) is 65.8 Å². The first-order valence-electron chi connectivity index (χ1n) is 13.8. The van der Waals surface area contributed by atoms with E-state index in [9.17, 15) is 8.42 Å². The minimum absolute atomic E-state index is 0.122. The predicted octanol–water partition coefficient (Wildman–Crippen LogP) is 5.99. The van der Waals surface area contributed by atoms with Gasteiger partial charge in [0.25, 0.3) is 10.0 Å². The average Bonchev–Trinajstić information content (AvgIpc) is 3.54. The summed E-state index contributed by atoms with van der Waals surface area (Å²) >= 11 is 0. The highest BCUT2D eigenvalue weighted by molar-refractivity contribution is 7.90. The van der Waals surface area contributed by atoms with Crippen LogP contribution in [0.3, 0.4) is 0 Å². The van der Waals surface area contributed by atoms with Crippen molar-refractivity contribution in [1.82, 2.24) is 18.5 Å². The van der Waals surface area contributed by atoms with Gasteiger partial charge in [0.15, 0.2) is 15.4 Å². The Bertz CT molecular complexity index is 1700. The Kier molecular flexibility index (Phi) is 7.50. The van der Waals surface area contributed by atoms with E-state index in [0.29, 0.717) is 11.6 Å². The second kappa shape index (κ2) is 10.6. The number of aromatic nitrogens is 4. The topological polar surface area (TPSA) is 103 Å². The molecule has 40 heavy (non-hydrogen) atoms. The summed E-state index contributed by atoms with van der Waals surface area (Å²) in [6.45, 7) is 10.8. The molecule has 210 valence electrons. The second-order valence-corrected chi connectivity index (χ2v) is 16.9. The number of allylic oxidation sites excluding steroid dienone is 2. The van der Waals surface area contributed by atoms with Crippen molar-refractivity contribution in [2.75, 3.05) is 0 Å². The number of hydrogen-bond donors (Lipinski definition) is 0. The number of nitrogens with zero attached hydrogens (tertiary/aromatic N) is 5. The van der Waals surface area contributed by atoms with Crippen LogP contribution in [0.4, 0.5) is 0 Å². The Morgan fingerprint density at radius 1 is 1.07 bits per heavy atom. The van der Waals surface area contributed by atoms with Gasteiger partial charge < -0.3 is 8.99 Å². The lowest BCUT2D eigenvalue weighted by Crippen LogP contribution is -2.32. The highest BCUT2D eigenvalue weighted by Crippen LogP contribution is 2.41. The van der Waals surface area contributed by atoms with Crippen LogP contribution in [0.2, 0.25) is 5.04 Å². The highest BCUT2D eigenvalue weighted by Gasteiger charge is 2.35. The predicted molar refractivity (Wildman–Crippen MR) is 160 cm³/mol. The molecule has 0 bridgehead atoms. The Labute approximate surface area is 238 Å². The third-order valence-corrected chi connectivity index (χ3v) is 11.0. The molecule has 0 N–H and O–H groups in total. The zero-order valence-electron chi connectivity index (χ0n) is 23.8. The fourth-order valence-electron chi connectivity index (χ4n) is 5.52. The van der Waals surface area contributed by atoms with Gasteiger partial charge in [-0.3, -0.25) is 0 Å².